The summed E-state index contributed by atoms with van der Waals surface area (Å²) in [7, 11) is 0. The molecule has 0 bridgehead atoms. The first-order valence-electron chi connectivity index (χ1n) is 10.0. The van der Waals surface area contributed by atoms with Crippen LogP contribution < -0.4 is 16.4 Å². The number of nitrogens with two attached hydrogens (primary N) is 1. The molecule has 11 heteroatoms. The maximum absolute atomic E-state index is 13.0. The van der Waals surface area contributed by atoms with Crippen molar-refractivity contribution in [1.82, 2.24) is 9.80 Å². The molecule has 1 atom stereocenters. The standard InChI is InChI=1S/C20H26N6O5/c1-11(8-17(28)29)26-10-16(27)24-15-3-2-13(9-14(15)19(26)31)23-18(30)12-4-6-25(7-5-12)20(21)22/h2-3,9,11-12H,4-8,10H2,1H3,(H3,21,22)(H,23,30)(H,24,27)(H,28,29). The number of fused-ring (bicyclic) bond motifs is 1. The Labute approximate surface area is 179 Å². The third kappa shape index (κ3) is 5.11. The summed E-state index contributed by atoms with van der Waals surface area (Å²) in [6.07, 6.45) is 0.835. The highest BCUT2D eigenvalue weighted by Crippen LogP contribution is 2.27. The van der Waals surface area contributed by atoms with Crippen molar-refractivity contribution < 1.29 is 24.3 Å². The average Bonchev–Trinajstić information content (AvgIpc) is 2.83. The van der Waals surface area contributed by atoms with Crippen LogP contribution in [0, 0.1) is 11.3 Å². The second-order valence-corrected chi connectivity index (χ2v) is 7.82. The lowest BCUT2D eigenvalue weighted by atomic mass is 9.96. The van der Waals surface area contributed by atoms with Crippen molar-refractivity contribution in [3.05, 3.63) is 23.8 Å². The number of carbonyl (C=O) groups is 4. The van der Waals surface area contributed by atoms with E-state index in [1.54, 1.807) is 24.0 Å². The summed E-state index contributed by atoms with van der Waals surface area (Å²) in [4.78, 5) is 51.9. The number of hydrogen-bond acceptors (Lipinski definition) is 5. The van der Waals surface area contributed by atoms with Crippen molar-refractivity contribution >= 4 is 41.0 Å². The van der Waals surface area contributed by atoms with Gasteiger partial charge in [0.05, 0.1) is 17.7 Å². The number of hydrogen-bond donors (Lipinski definition) is 5. The molecule has 2 aliphatic rings. The number of amides is 3. The minimum absolute atomic E-state index is 0.00755. The number of rotatable bonds is 5. The number of nitrogens with one attached hydrogen (secondary N) is 3. The number of nitrogens with zero attached hydrogens (tertiary/aromatic N) is 2. The van der Waals surface area contributed by atoms with E-state index >= 15 is 0 Å². The number of carboxylic acid groups (broad SMARTS) is 1. The van der Waals surface area contributed by atoms with Gasteiger partial charge in [0, 0.05) is 30.7 Å². The zero-order valence-corrected chi connectivity index (χ0v) is 17.2. The lowest BCUT2D eigenvalue weighted by Crippen LogP contribution is -2.44. The Bertz CT molecular complexity index is 925. The molecule has 0 saturated carbocycles. The monoisotopic (exact) mass is 430 g/mol. The maximum Gasteiger partial charge on any atom is 0.305 e. The average molecular weight is 430 g/mol. The van der Waals surface area contributed by atoms with Crippen LogP contribution >= 0.6 is 0 Å². The first kappa shape index (κ1) is 22.1. The van der Waals surface area contributed by atoms with Crippen molar-refractivity contribution in [2.75, 3.05) is 30.3 Å². The van der Waals surface area contributed by atoms with Crippen molar-refractivity contribution in [2.45, 2.75) is 32.2 Å². The molecule has 11 nitrogen and oxygen atoms in total. The van der Waals surface area contributed by atoms with Crippen LogP contribution in [0.15, 0.2) is 18.2 Å². The van der Waals surface area contributed by atoms with E-state index in [2.05, 4.69) is 10.6 Å². The molecule has 3 amide bonds. The summed E-state index contributed by atoms with van der Waals surface area (Å²) in [6.45, 7) is 2.37. The second-order valence-electron chi connectivity index (χ2n) is 7.82. The summed E-state index contributed by atoms with van der Waals surface area (Å²) in [5.74, 6) is -2.40. The molecule has 0 aromatic heterocycles. The highest BCUT2D eigenvalue weighted by atomic mass is 16.4. The lowest BCUT2D eigenvalue weighted by molar-refractivity contribution is -0.138. The predicted octanol–water partition coefficient (Wildman–Crippen LogP) is 0.488. The fraction of sp³-hybridized carbons (Fsp3) is 0.450. The molecule has 0 spiro atoms. The molecule has 1 fully saturated rings. The van der Waals surface area contributed by atoms with Crippen molar-refractivity contribution in [3.63, 3.8) is 0 Å². The molecule has 31 heavy (non-hydrogen) atoms. The number of aliphatic carboxylic acids is 1. The number of anilines is 2. The Morgan fingerprint density at radius 3 is 2.61 bits per heavy atom. The van der Waals surface area contributed by atoms with Gasteiger partial charge in [-0.2, -0.15) is 0 Å². The van der Waals surface area contributed by atoms with E-state index in [-0.39, 0.29) is 36.3 Å². The summed E-state index contributed by atoms with van der Waals surface area (Å²) >= 11 is 0. The summed E-state index contributed by atoms with van der Waals surface area (Å²) in [5, 5.41) is 22.0. The van der Waals surface area contributed by atoms with Crippen LogP contribution in [0.2, 0.25) is 0 Å². The van der Waals surface area contributed by atoms with Gasteiger partial charge in [-0.3, -0.25) is 24.6 Å². The highest BCUT2D eigenvalue weighted by Gasteiger charge is 2.31. The first-order valence-corrected chi connectivity index (χ1v) is 10.0. The maximum atomic E-state index is 13.0. The minimum atomic E-state index is -1.07. The Hall–Kier alpha value is -3.63. The SMILES string of the molecule is CC(CC(=O)O)N1CC(=O)Nc2ccc(NC(=O)C3CCN(C(=N)N)CC3)cc2C1=O. The van der Waals surface area contributed by atoms with Gasteiger partial charge in [-0.15, -0.1) is 0 Å². The van der Waals surface area contributed by atoms with Gasteiger partial charge in [0.2, 0.25) is 11.8 Å². The van der Waals surface area contributed by atoms with Crippen molar-refractivity contribution in [1.29, 1.82) is 5.41 Å². The highest BCUT2D eigenvalue weighted by molar-refractivity contribution is 6.09. The molecule has 2 heterocycles. The molecule has 0 aliphatic carbocycles. The van der Waals surface area contributed by atoms with Gasteiger partial charge in [-0.05, 0) is 38.0 Å². The topological polar surface area (TPSA) is 169 Å². The Balaban J connectivity index is 1.75. The fourth-order valence-electron chi connectivity index (χ4n) is 3.82. The molecule has 3 rings (SSSR count). The van der Waals surface area contributed by atoms with Crippen LogP contribution in [0.25, 0.3) is 0 Å². The van der Waals surface area contributed by atoms with E-state index in [0.29, 0.717) is 37.3 Å². The minimum Gasteiger partial charge on any atom is -0.481 e. The van der Waals surface area contributed by atoms with Crippen LogP contribution in [0.1, 0.15) is 36.5 Å². The van der Waals surface area contributed by atoms with Crippen LogP contribution in [-0.4, -0.2) is 70.2 Å². The van der Waals surface area contributed by atoms with Gasteiger partial charge >= 0.3 is 5.97 Å². The molecule has 166 valence electrons. The van der Waals surface area contributed by atoms with E-state index in [1.165, 1.54) is 11.0 Å². The van der Waals surface area contributed by atoms with Crippen molar-refractivity contribution in [3.8, 4) is 0 Å². The molecular formula is C20H26N6O5. The molecular weight excluding hydrogens is 404 g/mol. The molecule has 2 aliphatic heterocycles. The molecule has 1 unspecified atom stereocenters. The Morgan fingerprint density at radius 1 is 1.32 bits per heavy atom. The van der Waals surface area contributed by atoms with Gasteiger partial charge in [0.1, 0.15) is 6.54 Å². The summed E-state index contributed by atoms with van der Waals surface area (Å²) in [5.41, 5.74) is 6.39. The molecule has 1 saturated heterocycles. The van der Waals surface area contributed by atoms with E-state index in [0.717, 1.165) is 0 Å². The summed E-state index contributed by atoms with van der Waals surface area (Å²) in [6, 6.07) is 3.97. The zero-order chi connectivity index (χ0) is 22.7. The third-order valence-corrected chi connectivity index (χ3v) is 5.57. The van der Waals surface area contributed by atoms with Gasteiger partial charge in [0.25, 0.3) is 5.91 Å². The number of benzene rings is 1. The second kappa shape index (κ2) is 9.02. The van der Waals surface area contributed by atoms with Gasteiger partial charge in [-0.25, -0.2) is 0 Å². The first-order chi connectivity index (χ1) is 14.7. The number of piperidine rings is 1. The number of guanidine groups is 1. The van der Waals surface area contributed by atoms with E-state index in [1.807, 2.05) is 0 Å². The fourth-order valence-corrected chi connectivity index (χ4v) is 3.82. The van der Waals surface area contributed by atoms with Crippen molar-refractivity contribution in [2.24, 2.45) is 11.7 Å². The number of carbonyl (C=O) groups excluding carboxylic acids is 3. The van der Waals surface area contributed by atoms with E-state index in [4.69, 9.17) is 16.2 Å². The van der Waals surface area contributed by atoms with Crippen LogP contribution in [-0.2, 0) is 14.4 Å². The van der Waals surface area contributed by atoms with E-state index < -0.39 is 23.8 Å². The van der Waals surface area contributed by atoms with Gasteiger partial charge in [-0.1, -0.05) is 0 Å². The number of likely N-dealkylation sites (tertiary alicyclic amines) is 1. The normalized spacial score (nSPS) is 18.0. The molecule has 1 aromatic rings. The number of carboxylic acids is 1. The predicted molar refractivity (Wildman–Crippen MR) is 113 cm³/mol. The van der Waals surface area contributed by atoms with E-state index in [9.17, 15) is 19.2 Å². The Morgan fingerprint density at radius 2 is 2.00 bits per heavy atom. The molecule has 1 aromatic carbocycles. The lowest BCUT2D eigenvalue weighted by Gasteiger charge is -2.31. The quantitative estimate of drug-likeness (QED) is 0.334. The molecule has 6 N–H and O–H groups in total. The third-order valence-electron chi connectivity index (χ3n) is 5.57. The zero-order valence-electron chi connectivity index (χ0n) is 17.2. The smallest absolute Gasteiger partial charge is 0.305 e. The van der Waals surface area contributed by atoms with Gasteiger partial charge in [0.15, 0.2) is 5.96 Å². The Kier molecular flexibility index (Phi) is 6.42. The van der Waals surface area contributed by atoms with Crippen LogP contribution in [0.5, 0.6) is 0 Å². The van der Waals surface area contributed by atoms with Crippen LogP contribution in [0.3, 0.4) is 0 Å². The molecule has 0 radical (unpaired) electrons. The van der Waals surface area contributed by atoms with Gasteiger partial charge < -0.3 is 31.3 Å². The largest absolute Gasteiger partial charge is 0.481 e. The van der Waals surface area contributed by atoms with Crippen LogP contribution in [0.4, 0.5) is 11.4 Å². The summed E-state index contributed by atoms with van der Waals surface area (Å²) < 4.78 is 0.